The first kappa shape index (κ1) is 18.1. The van der Waals surface area contributed by atoms with E-state index in [9.17, 15) is 27.6 Å². The summed E-state index contributed by atoms with van der Waals surface area (Å²) < 4.78 is 42.6. The van der Waals surface area contributed by atoms with Crippen LogP contribution in [0.3, 0.4) is 0 Å². The lowest BCUT2D eigenvalue weighted by molar-refractivity contribution is -0.148. The van der Waals surface area contributed by atoms with Crippen LogP contribution in [-0.4, -0.2) is 35.2 Å². The number of ether oxygens (including phenoxy) is 1. The van der Waals surface area contributed by atoms with Gasteiger partial charge in [0.1, 0.15) is 6.04 Å². The topological polar surface area (TPSA) is 63.7 Å². The second kappa shape index (κ2) is 6.68. The first-order chi connectivity index (χ1) is 11.1. The quantitative estimate of drug-likeness (QED) is 0.612. The lowest BCUT2D eigenvalue weighted by Gasteiger charge is -2.18. The number of halogens is 3. The van der Waals surface area contributed by atoms with Crippen LogP contribution in [0.4, 0.5) is 18.0 Å². The Morgan fingerprint density at radius 3 is 2.58 bits per heavy atom. The molecule has 128 valence electrons. The largest absolute Gasteiger partial charge is 0.467 e. The van der Waals surface area contributed by atoms with Gasteiger partial charge in [-0.3, -0.25) is 14.5 Å². The smallest absolute Gasteiger partial charge is 0.416 e. The van der Waals surface area contributed by atoms with Crippen molar-refractivity contribution in [2.45, 2.75) is 19.1 Å². The Bertz CT molecular complexity index is 730. The predicted octanol–water partition coefficient (Wildman–Crippen LogP) is 3.30. The SMILES string of the molecule is COC(=O)C(C)N1C(=O)S/C(=C\c2cccc(C(F)(F)F)c2)C1=O. The Morgan fingerprint density at radius 2 is 2.00 bits per heavy atom. The molecule has 1 saturated heterocycles. The van der Waals surface area contributed by atoms with Crippen molar-refractivity contribution in [1.29, 1.82) is 0 Å². The zero-order valence-corrected chi connectivity index (χ0v) is 13.4. The minimum atomic E-state index is -4.51. The van der Waals surface area contributed by atoms with Crippen LogP contribution >= 0.6 is 11.8 Å². The van der Waals surface area contributed by atoms with Crippen LogP contribution in [-0.2, 0) is 20.5 Å². The van der Waals surface area contributed by atoms with Crippen molar-refractivity contribution < 1.29 is 32.3 Å². The van der Waals surface area contributed by atoms with E-state index in [1.807, 2.05) is 0 Å². The number of carbonyl (C=O) groups excluding carboxylic acids is 3. The molecule has 0 aromatic heterocycles. The third kappa shape index (κ3) is 3.61. The summed E-state index contributed by atoms with van der Waals surface area (Å²) in [5.74, 6) is -1.52. The van der Waals surface area contributed by atoms with Crippen LogP contribution in [0.5, 0.6) is 0 Å². The highest BCUT2D eigenvalue weighted by molar-refractivity contribution is 8.18. The molecule has 0 saturated carbocycles. The number of amides is 2. The zero-order chi connectivity index (χ0) is 18.1. The molecule has 1 fully saturated rings. The van der Waals surface area contributed by atoms with E-state index in [-0.39, 0.29) is 10.5 Å². The number of imide groups is 1. The highest BCUT2D eigenvalue weighted by Gasteiger charge is 2.41. The van der Waals surface area contributed by atoms with Crippen LogP contribution in [0, 0.1) is 0 Å². The van der Waals surface area contributed by atoms with Crippen LogP contribution in [0.15, 0.2) is 29.2 Å². The lowest BCUT2D eigenvalue weighted by Crippen LogP contribution is -2.42. The third-order valence-corrected chi connectivity index (χ3v) is 4.15. The van der Waals surface area contributed by atoms with E-state index in [4.69, 9.17) is 0 Å². The molecular weight excluding hydrogens is 347 g/mol. The molecule has 5 nitrogen and oxygen atoms in total. The summed E-state index contributed by atoms with van der Waals surface area (Å²) >= 11 is 0.556. The van der Waals surface area contributed by atoms with Gasteiger partial charge in [-0.1, -0.05) is 12.1 Å². The highest BCUT2D eigenvalue weighted by atomic mass is 32.2. The molecule has 1 unspecified atom stereocenters. The van der Waals surface area contributed by atoms with Gasteiger partial charge >= 0.3 is 12.1 Å². The summed E-state index contributed by atoms with van der Waals surface area (Å²) in [4.78, 5) is 36.3. The van der Waals surface area contributed by atoms with Crippen molar-refractivity contribution in [3.8, 4) is 0 Å². The van der Waals surface area contributed by atoms with Gasteiger partial charge in [-0.05, 0) is 42.5 Å². The van der Waals surface area contributed by atoms with Crippen molar-refractivity contribution in [3.63, 3.8) is 0 Å². The Balaban J connectivity index is 2.31. The van der Waals surface area contributed by atoms with E-state index in [1.165, 1.54) is 25.1 Å². The Hall–Kier alpha value is -2.29. The molecule has 1 aliphatic heterocycles. The fraction of sp³-hybridized carbons (Fsp3) is 0.267. The minimum Gasteiger partial charge on any atom is -0.467 e. The first-order valence-corrected chi connectivity index (χ1v) is 7.49. The van der Waals surface area contributed by atoms with Gasteiger partial charge in [0.15, 0.2) is 0 Å². The number of rotatable bonds is 3. The van der Waals surface area contributed by atoms with Crippen LogP contribution < -0.4 is 0 Å². The summed E-state index contributed by atoms with van der Waals surface area (Å²) in [5.41, 5.74) is -0.737. The first-order valence-electron chi connectivity index (χ1n) is 6.67. The summed E-state index contributed by atoms with van der Waals surface area (Å²) in [7, 11) is 1.12. The Kier molecular flexibility index (Phi) is 5.02. The molecule has 1 heterocycles. The molecule has 1 aromatic carbocycles. The Labute approximate surface area is 139 Å². The third-order valence-electron chi connectivity index (χ3n) is 3.26. The summed E-state index contributed by atoms with van der Waals surface area (Å²) in [6, 6.07) is 3.25. The maximum Gasteiger partial charge on any atom is 0.416 e. The lowest BCUT2D eigenvalue weighted by atomic mass is 10.1. The maximum atomic E-state index is 12.7. The molecule has 2 rings (SSSR count). The van der Waals surface area contributed by atoms with Crippen molar-refractivity contribution in [2.24, 2.45) is 0 Å². The number of alkyl halides is 3. The molecule has 0 N–H and O–H groups in total. The van der Waals surface area contributed by atoms with Crippen molar-refractivity contribution >= 4 is 35.0 Å². The number of carbonyl (C=O) groups is 3. The maximum absolute atomic E-state index is 12.7. The molecule has 24 heavy (non-hydrogen) atoms. The molecule has 1 atom stereocenters. The molecule has 9 heteroatoms. The van der Waals surface area contributed by atoms with E-state index in [2.05, 4.69) is 4.74 Å². The van der Waals surface area contributed by atoms with Gasteiger partial charge in [-0.2, -0.15) is 13.2 Å². The van der Waals surface area contributed by atoms with E-state index in [0.717, 1.165) is 24.1 Å². The summed E-state index contributed by atoms with van der Waals surface area (Å²) in [6.07, 6.45) is -3.33. The molecule has 1 aromatic rings. The van der Waals surface area contributed by atoms with Gasteiger partial charge < -0.3 is 4.74 Å². The number of thioether (sulfide) groups is 1. The summed E-state index contributed by atoms with van der Waals surface area (Å²) in [6.45, 7) is 1.33. The number of methoxy groups -OCH3 is 1. The van der Waals surface area contributed by atoms with E-state index in [1.54, 1.807) is 0 Å². The number of nitrogens with zero attached hydrogens (tertiary/aromatic N) is 1. The van der Waals surface area contributed by atoms with Gasteiger partial charge in [-0.15, -0.1) is 0 Å². The van der Waals surface area contributed by atoms with Gasteiger partial charge in [0, 0.05) is 0 Å². The molecule has 0 aliphatic carbocycles. The highest BCUT2D eigenvalue weighted by Crippen LogP contribution is 2.35. The molecule has 0 spiro atoms. The van der Waals surface area contributed by atoms with E-state index in [0.29, 0.717) is 11.8 Å². The summed E-state index contributed by atoms with van der Waals surface area (Å²) in [5, 5.41) is -0.684. The van der Waals surface area contributed by atoms with Gasteiger partial charge in [-0.25, -0.2) is 4.79 Å². The second-order valence-corrected chi connectivity index (χ2v) is 5.87. The fourth-order valence-corrected chi connectivity index (χ4v) is 2.95. The second-order valence-electron chi connectivity index (χ2n) is 4.87. The molecule has 0 radical (unpaired) electrons. The average Bonchev–Trinajstić information content (AvgIpc) is 2.79. The zero-order valence-electron chi connectivity index (χ0n) is 12.6. The number of hydrogen-bond acceptors (Lipinski definition) is 5. The van der Waals surface area contributed by atoms with E-state index < -0.39 is 34.9 Å². The van der Waals surface area contributed by atoms with Gasteiger partial charge in [0.05, 0.1) is 17.6 Å². The number of hydrogen-bond donors (Lipinski definition) is 0. The average molecular weight is 359 g/mol. The minimum absolute atomic E-state index is 0.0601. The molecule has 1 aliphatic rings. The fourth-order valence-electron chi connectivity index (χ4n) is 2.05. The van der Waals surface area contributed by atoms with Crippen molar-refractivity contribution in [1.82, 2.24) is 4.90 Å². The van der Waals surface area contributed by atoms with Gasteiger partial charge in [0.25, 0.3) is 11.1 Å². The van der Waals surface area contributed by atoms with Crippen LogP contribution in [0.2, 0.25) is 0 Å². The standard InChI is InChI=1S/C15H12F3NO4S/c1-8(13(21)23-2)19-12(20)11(24-14(19)22)7-9-4-3-5-10(6-9)15(16,17)18/h3-8H,1-2H3/b11-7-. The molecule has 2 amide bonds. The normalized spacial score (nSPS) is 18.2. The van der Waals surface area contributed by atoms with Gasteiger partial charge in [0.2, 0.25) is 0 Å². The number of esters is 1. The molecular formula is C15H12F3NO4S. The monoisotopic (exact) mass is 359 g/mol. The van der Waals surface area contributed by atoms with Crippen molar-refractivity contribution in [3.05, 3.63) is 40.3 Å². The van der Waals surface area contributed by atoms with Crippen LogP contribution in [0.25, 0.3) is 6.08 Å². The number of benzene rings is 1. The van der Waals surface area contributed by atoms with Crippen LogP contribution in [0.1, 0.15) is 18.1 Å². The predicted molar refractivity (Wildman–Crippen MR) is 80.7 cm³/mol. The molecule has 0 bridgehead atoms. The van der Waals surface area contributed by atoms with Crippen molar-refractivity contribution in [2.75, 3.05) is 7.11 Å². The Morgan fingerprint density at radius 1 is 1.33 bits per heavy atom. The van der Waals surface area contributed by atoms with E-state index >= 15 is 0 Å².